The van der Waals surface area contributed by atoms with Crippen molar-refractivity contribution in [3.63, 3.8) is 0 Å². The Morgan fingerprint density at radius 3 is 2.67 bits per heavy atom. The summed E-state index contributed by atoms with van der Waals surface area (Å²) < 4.78 is 1.68. The molecule has 0 bridgehead atoms. The number of amides is 1. The Labute approximate surface area is 140 Å². The van der Waals surface area contributed by atoms with Crippen LogP contribution in [-0.2, 0) is 11.8 Å². The van der Waals surface area contributed by atoms with Gasteiger partial charge >= 0.3 is 5.97 Å². The summed E-state index contributed by atoms with van der Waals surface area (Å²) in [5.74, 6) is -1.03. The molecule has 0 aliphatic carbocycles. The van der Waals surface area contributed by atoms with E-state index in [1.54, 1.807) is 21.8 Å². The first-order valence-corrected chi connectivity index (χ1v) is 8.08. The molecule has 2 aromatic rings. The van der Waals surface area contributed by atoms with E-state index in [1.165, 1.54) is 0 Å². The predicted octanol–water partition coefficient (Wildman–Crippen LogP) is 1.85. The van der Waals surface area contributed by atoms with E-state index in [0.717, 1.165) is 16.7 Å². The summed E-state index contributed by atoms with van der Waals surface area (Å²) in [6.07, 6.45) is 2.02. The highest BCUT2D eigenvalue weighted by atomic mass is 16.4. The molecule has 1 unspecified atom stereocenters. The van der Waals surface area contributed by atoms with Gasteiger partial charge in [0.25, 0.3) is 5.91 Å². The second-order valence-electron chi connectivity index (χ2n) is 6.90. The standard InChI is InChI=1S/C17H22N4O3/c1-10(2)17(16(23)24)5-6-21(9-17)15(22)12-7-13-11(3)19-20(4)14(13)18-8-12/h7-8,10H,5-6,9H2,1-4H3,(H,23,24). The number of carboxylic acid groups (broad SMARTS) is 1. The minimum absolute atomic E-state index is 0.0334. The van der Waals surface area contributed by atoms with E-state index in [1.807, 2.05) is 27.8 Å². The molecule has 1 atom stereocenters. The second-order valence-corrected chi connectivity index (χ2v) is 6.90. The molecule has 2 aromatic heterocycles. The molecule has 0 radical (unpaired) electrons. The molecular formula is C17H22N4O3. The lowest BCUT2D eigenvalue weighted by atomic mass is 9.76. The number of hydrogen-bond acceptors (Lipinski definition) is 4. The van der Waals surface area contributed by atoms with Crippen LogP contribution in [0.4, 0.5) is 0 Å². The van der Waals surface area contributed by atoms with Gasteiger partial charge in [-0.15, -0.1) is 0 Å². The van der Waals surface area contributed by atoms with Gasteiger partial charge < -0.3 is 10.0 Å². The SMILES string of the molecule is Cc1nn(C)c2ncc(C(=O)N3CCC(C(=O)O)(C(C)C)C3)cc12. The average Bonchev–Trinajstić information content (AvgIpc) is 3.10. The molecule has 3 heterocycles. The molecule has 0 spiro atoms. The van der Waals surface area contributed by atoms with E-state index >= 15 is 0 Å². The molecule has 7 nitrogen and oxygen atoms in total. The summed E-state index contributed by atoms with van der Waals surface area (Å²) in [5.41, 5.74) is 1.16. The molecule has 0 aromatic carbocycles. The third-order valence-electron chi connectivity index (χ3n) is 5.23. The lowest BCUT2D eigenvalue weighted by Gasteiger charge is -2.28. The Hall–Kier alpha value is -2.44. The van der Waals surface area contributed by atoms with E-state index < -0.39 is 11.4 Å². The minimum Gasteiger partial charge on any atom is -0.481 e. The number of likely N-dealkylation sites (tertiary alicyclic amines) is 1. The van der Waals surface area contributed by atoms with Gasteiger partial charge in [0.2, 0.25) is 0 Å². The quantitative estimate of drug-likeness (QED) is 0.928. The Kier molecular flexibility index (Phi) is 3.81. The molecule has 24 heavy (non-hydrogen) atoms. The molecule has 128 valence electrons. The number of nitrogens with zero attached hydrogens (tertiary/aromatic N) is 4. The number of aromatic nitrogens is 3. The van der Waals surface area contributed by atoms with E-state index in [-0.39, 0.29) is 18.4 Å². The van der Waals surface area contributed by atoms with Gasteiger partial charge in [-0.3, -0.25) is 14.3 Å². The number of carboxylic acids is 1. The van der Waals surface area contributed by atoms with Gasteiger partial charge in [-0.2, -0.15) is 5.10 Å². The van der Waals surface area contributed by atoms with E-state index in [9.17, 15) is 14.7 Å². The van der Waals surface area contributed by atoms with E-state index in [2.05, 4.69) is 10.1 Å². The van der Waals surface area contributed by atoms with Gasteiger partial charge in [-0.25, -0.2) is 4.98 Å². The van der Waals surface area contributed by atoms with Crippen molar-refractivity contribution in [1.82, 2.24) is 19.7 Å². The monoisotopic (exact) mass is 330 g/mol. The van der Waals surface area contributed by atoms with Crippen LogP contribution in [0.25, 0.3) is 11.0 Å². The van der Waals surface area contributed by atoms with Crippen LogP contribution in [0.15, 0.2) is 12.3 Å². The highest BCUT2D eigenvalue weighted by molar-refractivity contribution is 5.98. The molecule has 1 saturated heterocycles. The first kappa shape index (κ1) is 16.4. The Morgan fingerprint density at radius 1 is 1.38 bits per heavy atom. The van der Waals surface area contributed by atoms with Crippen LogP contribution in [0.3, 0.4) is 0 Å². The lowest BCUT2D eigenvalue weighted by molar-refractivity contribution is -0.150. The zero-order valence-corrected chi connectivity index (χ0v) is 14.4. The normalized spacial score (nSPS) is 21.0. The summed E-state index contributed by atoms with van der Waals surface area (Å²) in [6.45, 7) is 6.36. The predicted molar refractivity (Wildman–Crippen MR) is 88.7 cm³/mol. The van der Waals surface area contributed by atoms with Crippen LogP contribution in [0.1, 0.15) is 36.3 Å². The highest BCUT2D eigenvalue weighted by Gasteiger charge is 2.48. The van der Waals surface area contributed by atoms with Crippen LogP contribution in [0.5, 0.6) is 0 Å². The number of pyridine rings is 1. The van der Waals surface area contributed by atoms with E-state index in [4.69, 9.17) is 0 Å². The molecule has 3 rings (SSSR count). The largest absolute Gasteiger partial charge is 0.481 e. The summed E-state index contributed by atoms with van der Waals surface area (Å²) >= 11 is 0. The van der Waals surface area contributed by atoms with Crippen LogP contribution in [0.2, 0.25) is 0 Å². The molecule has 7 heteroatoms. The molecule has 1 N–H and O–H groups in total. The maximum absolute atomic E-state index is 12.8. The Bertz CT molecular complexity index is 827. The van der Waals surface area contributed by atoms with Crippen molar-refractivity contribution in [2.75, 3.05) is 13.1 Å². The Balaban J connectivity index is 1.90. The van der Waals surface area contributed by atoms with Gasteiger partial charge in [-0.05, 0) is 25.3 Å². The van der Waals surface area contributed by atoms with Crippen molar-refractivity contribution in [3.8, 4) is 0 Å². The van der Waals surface area contributed by atoms with Crippen LogP contribution in [0, 0.1) is 18.3 Å². The summed E-state index contributed by atoms with van der Waals surface area (Å²) in [4.78, 5) is 30.5. The lowest BCUT2D eigenvalue weighted by Crippen LogP contribution is -2.40. The molecule has 1 aliphatic rings. The molecule has 0 saturated carbocycles. The zero-order chi connectivity index (χ0) is 17.6. The van der Waals surface area contributed by atoms with Gasteiger partial charge in [0.1, 0.15) is 0 Å². The third kappa shape index (κ3) is 2.35. The first-order chi connectivity index (χ1) is 11.3. The van der Waals surface area contributed by atoms with E-state index in [0.29, 0.717) is 18.5 Å². The third-order valence-corrected chi connectivity index (χ3v) is 5.23. The average molecular weight is 330 g/mol. The van der Waals surface area contributed by atoms with Crippen LogP contribution in [-0.4, -0.2) is 49.7 Å². The number of carbonyl (C=O) groups excluding carboxylic acids is 1. The van der Waals surface area contributed by atoms with Crippen molar-refractivity contribution in [2.24, 2.45) is 18.4 Å². The van der Waals surface area contributed by atoms with Crippen LogP contribution >= 0.6 is 0 Å². The highest BCUT2D eigenvalue weighted by Crippen LogP contribution is 2.38. The fraction of sp³-hybridized carbons (Fsp3) is 0.529. The van der Waals surface area contributed by atoms with Gasteiger partial charge in [0, 0.05) is 31.7 Å². The van der Waals surface area contributed by atoms with Crippen molar-refractivity contribution in [1.29, 1.82) is 0 Å². The second kappa shape index (κ2) is 5.58. The summed E-state index contributed by atoms with van der Waals surface area (Å²) in [7, 11) is 1.81. The fourth-order valence-corrected chi connectivity index (χ4v) is 3.51. The molecule has 1 aliphatic heterocycles. The van der Waals surface area contributed by atoms with Crippen molar-refractivity contribution >= 4 is 22.9 Å². The molecular weight excluding hydrogens is 308 g/mol. The summed E-state index contributed by atoms with van der Waals surface area (Å²) in [5, 5.41) is 14.8. The summed E-state index contributed by atoms with van der Waals surface area (Å²) in [6, 6.07) is 1.79. The number of aryl methyl sites for hydroxylation is 2. The Morgan fingerprint density at radius 2 is 2.08 bits per heavy atom. The fourth-order valence-electron chi connectivity index (χ4n) is 3.51. The number of rotatable bonds is 3. The van der Waals surface area contributed by atoms with Crippen molar-refractivity contribution in [2.45, 2.75) is 27.2 Å². The van der Waals surface area contributed by atoms with Gasteiger partial charge in [0.15, 0.2) is 5.65 Å². The maximum atomic E-state index is 12.8. The first-order valence-electron chi connectivity index (χ1n) is 8.08. The molecule has 1 fully saturated rings. The number of hydrogen-bond donors (Lipinski definition) is 1. The van der Waals surface area contributed by atoms with Gasteiger partial charge in [-0.1, -0.05) is 13.8 Å². The number of aliphatic carboxylic acids is 1. The van der Waals surface area contributed by atoms with Crippen molar-refractivity contribution < 1.29 is 14.7 Å². The van der Waals surface area contributed by atoms with Crippen molar-refractivity contribution in [3.05, 3.63) is 23.5 Å². The maximum Gasteiger partial charge on any atom is 0.311 e. The van der Waals surface area contributed by atoms with Crippen LogP contribution < -0.4 is 0 Å². The zero-order valence-electron chi connectivity index (χ0n) is 14.4. The molecule has 1 amide bonds. The minimum atomic E-state index is -0.864. The number of carbonyl (C=O) groups is 2. The van der Waals surface area contributed by atoms with Gasteiger partial charge in [0.05, 0.1) is 16.7 Å². The smallest absolute Gasteiger partial charge is 0.311 e. The number of fused-ring (bicyclic) bond motifs is 1. The topological polar surface area (TPSA) is 88.3 Å².